The van der Waals surface area contributed by atoms with Gasteiger partial charge >= 0.3 is 0 Å². The van der Waals surface area contributed by atoms with Gasteiger partial charge in [0, 0.05) is 16.5 Å². The third kappa shape index (κ3) is 3.84. The fraction of sp³-hybridized carbons (Fsp3) is 0.538. The lowest BCUT2D eigenvalue weighted by atomic mass is 9.99. The molecule has 5 heteroatoms. The Labute approximate surface area is 116 Å². The van der Waals surface area contributed by atoms with Crippen LogP contribution in [0.2, 0.25) is 10.0 Å². The summed E-state index contributed by atoms with van der Waals surface area (Å²) in [5.41, 5.74) is 0.999. The third-order valence-electron chi connectivity index (χ3n) is 3.11. The summed E-state index contributed by atoms with van der Waals surface area (Å²) in [6.07, 6.45) is 0.824. The van der Waals surface area contributed by atoms with Crippen molar-refractivity contribution < 1.29 is 14.9 Å². The molecule has 1 unspecified atom stereocenters. The van der Waals surface area contributed by atoms with Crippen LogP contribution in [0.3, 0.4) is 0 Å². The Hall–Kier alpha value is -0.320. The minimum atomic E-state index is -0.862. The Kier molecular flexibility index (Phi) is 4.87. The van der Waals surface area contributed by atoms with Crippen LogP contribution in [-0.4, -0.2) is 28.7 Å². The van der Waals surface area contributed by atoms with Crippen molar-refractivity contribution in [1.29, 1.82) is 0 Å². The molecule has 0 aliphatic carbocycles. The first-order valence-electron chi connectivity index (χ1n) is 6.00. The molecule has 0 saturated carbocycles. The maximum Gasteiger partial charge on any atom is 0.157 e. The second kappa shape index (κ2) is 6.22. The van der Waals surface area contributed by atoms with E-state index in [4.69, 9.17) is 27.9 Å². The van der Waals surface area contributed by atoms with Gasteiger partial charge in [0.1, 0.15) is 0 Å². The molecule has 100 valence electrons. The summed E-state index contributed by atoms with van der Waals surface area (Å²) in [6, 6.07) is 5.40. The molecular formula is C13H16Cl2O3. The molecule has 18 heavy (non-hydrogen) atoms. The van der Waals surface area contributed by atoms with E-state index in [1.54, 1.807) is 12.1 Å². The summed E-state index contributed by atoms with van der Waals surface area (Å²) in [4.78, 5) is 0. The monoisotopic (exact) mass is 290 g/mol. The molecule has 1 aromatic carbocycles. The van der Waals surface area contributed by atoms with Gasteiger partial charge in [-0.15, -0.1) is 0 Å². The maximum atomic E-state index is 9.55. The van der Waals surface area contributed by atoms with E-state index in [9.17, 15) is 10.2 Å². The van der Waals surface area contributed by atoms with Gasteiger partial charge in [-0.1, -0.05) is 29.3 Å². The molecule has 0 aromatic heterocycles. The quantitative estimate of drug-likeness (QED) is 0.900. The number of aryl methyl sites for hydroxylation is 1. The molecule has 0 bridgehead atoms. The average molecular weight is 291 g/mol. The van der Waals surface area contributed by atoms with Crippen LogP contribution in [0.25, 0.3) is 0 Å². The van der Waals surface area contributed by atoms with E-state index in [0.717, 1.165) is 18.4 Å². The Morgan fingerprint density at radius 1 is 1.22 bits per heavy atom. The zero-order valence-electron chi connectivity index (χ0n) is 9.85. The van der Waals surface area contributed by atoms with Crippen LogP contribution in [0.15, 0.2) is 18.2 Å². The van der Waals surface area contributed by atoms with E-state index in [1.807, 2.05) is 6.07 Å². The van der Waals surface area contributed by atoms with Crippen LogP contribution in [-0.2, 0) is 11.2 Å². The first-order valence-corrected chi connectivity index (χ1v) is 6.75. The molecule has 2 N–H and O–H groups in total. The first kappa shape index (κ1) is 14.1. The van der Waals surface area contributed by atoms with Crippen molar-refractivity contribution in [2.24, 2.45) is 0 Å². The summed E-state index contributed by atoms with van der Waals surface area (Å²) in [5.74, 6) is 0. The lowest BCUT2D eigenvalue weighted by Gasteiger charge is -2.30. The molecule has 0 spiro atoms. The van der Waals surface area contributed by atoms with Crippen molar-refractivity contribution in [3.05, 3.63) is 33.8 Å². The van der Waals surface area contributed by atoms with E-state index >= 15 is 0 Å². The Morgan fingerprint density at radius 3 is 2.67 bits per heavy atom. The summed E-state index contributed by atoms with van der Waals surface area (Å²) >= 11 is 11.9. The topological polar surface area (TPSA) is 49.7 Å². The fourth-order valence-corrected chi connectivity index (χ4v) is 2.70. The minimum Gasteiger partial charge on any atom is -0.393 e. The molecule has 1 aliphatic rings. The van der Waals surface area contributed by atoms with Crippen LogP contribution < -0.4 is 0 Å². The zero-order valence-corrected chi connectivity index (χ0v) is 11.4. The average Bonchev–Trinajstić information content (AvgIpc) is 2.26. The second-order valence-corrected chi connectivity index (χ2v) is 5.46. The highest BCUT2D eigenvalue weighted by Gasteiger charge is 2.26. The number of halogens is 2. The molecule has 1 aliphatic heterocycles. The van der Waals surface area contributed by atoms with Crippen molar-refractivity contribution in [1.82, 2.24) is 0 Å². The van der Waals surface area contributed by atoms with Crippen molar-refractivity contribution >= 4 is 23.2 Å². The maximum absolute atomic E-state index is 9.55. The van der Waals surface area contributed by atoms with E-state index in [-0.39, 0.29) is 12.5 Å². The molecule has 1 saturated heterocycles. The lowest BCUT2D eigenvalue weighted by Crippen LogP contribution is -2.35. The smallest absolute Gasteiger partial charge is 0.157 e. The molecule has 1 aromatic rings. The molecular weight excluding hydrogens is 275 g/mol. The van der Waals surface area contributed by atoms with Crippen LogP contribution in [0.5, 0.6) is 0 Å². The van der Waals surface area contributed by atoms with Gasteiger partial charge in [0.05, 0.1) is 12.2 Å². The summed E-state index contributed by atoms with van der Waals surface area (Å²) < 4.78 is 5.37. The number of ether oxygens (including phenoxy) is 1. The summed E-state index contributed by atoms with van der Waals surface area (Å²) in [6.45, 7) is 0. The molecule has 3 atom stereocenters. The third-order valence-corrected chi connectivity index (χ3v) is 3.70. The highest BCUT2D eigenvalue weighted by atomic mass is 35.5. The molecule has 2 rings (SSSR count). The highest BCUT2D eigenvalue weighted by molar-refractivity contribution is 6.35. The molecule has 1 fully saturated rings. The van der Waals surface area contributed by atoms with Crippen molar-refractivity contribution in [3.63, 3.8) is 0 Å². The van der Waals surface area contributed by atoms with Gasteiger partial charge in [-0.3, -0.25) is 0 Å². The second-order valence-electron chi connectivity index (χ2n) is 4.61. The zero-order chi connectivity index (χ0) is 13.1. The van der Waals surface area contributed by atoms with Crippen LogP contribution >= 0.6 is 23.2 Å². The van der Waals surface area contributed by atoms with Gasteiger partial charge in [-0.25, -0.2) is 0 Å². The number of aliphatic hydroxyl groups is 2. The van der Waals surface area contributed by atoms with E-state index < -0.39 is 12.4 Å². The van der Waals surface area contributed by atoms with Crippen LogP contribution in [0, 0.1) is 0 Å². The number of hydrogen-bond donors (Lipinski definition) is 2. The molecule has 0 amide bonds. The lowest BCUT2D eigenvalue weighted by molar-refractivity contribution is -0.190. The molecule has 3 nitrogen and oxygen atoms in total. The Balaban J connectivity index is 1.91. The van der Waals surface area contributed by atoms with Gasteiger partial charge in [0.25, 0.3) is 0 Å². The molecule has 1 heterocycles. The summed E-state index contributed by atoms with van der Waals surface area (Å²) in [7, 11) is 0. The van der Waals surface area contributed by atoms with Crippen molar-refractivity contribution in [3.8, 4) is 0 Å². The largest absolute Gasteiger partial charge is 0.393 e. The van der Waals surface area contributed by atoms with Crippen LogP contribution in [0.4, 0.5) is 0 Å². The Morgan fingerprint density at radius 2 is 2.00 bits per heavy atom. The number of benzene rings is 1. The van der Waals surface area contributed by atoms with Crippen LogP contribution in [0.1, 0.15) is 24.8 Å². The number of hydrogen-bond acceptors (Lipinski definition) is 3. The minimum absolute atomic E-state index is 0.129. The van der Waals surface area contributed by atoms with E-state index in [2.05, 4.69) is 0 Å². The van der Waals surface area contributed by atoms with Gasteiger partial charge in [0.2, 0.25) is 0 Å². The van der Waals surface area contributed by atoms with E-state index in [1.165, 1.54) is 0 Å². The Bertz CT molecular complexity index is 401. The predicted molar refractivity (Wildman–Crippen MR) is 70.9 cm³/mol. The number of aliphatic hydroxyl groups excluding tert-OH is 2. The van der Waals surface area contributed by atoms with Gasteiger partial charge in [-0.05, 0) is 37.0 Å². The predicted octanol–water partition coefficient (Wildman–Crippen LogP) is 2.78. The summed E-state index contributed by atoms with van der Waals surface area (Å²) in [5, 5.41) is 20.2. The van der Waals surface area contributed by atoms with Crippen molar-refractivity contribution in [2.75, 3.05) is 0 Å². The van der Waals surface area contributed by atoms with Gasteiger partial charge in [0.15, 0.2) is 6.29 Å². The van der Waals surface area contributed by atoms with Gasteiger partial charge in [-0.2, -0.15) is 0 Å². The van der Waals surface area contributed by atoms with Crippen molar-refractivity contribution in [2.45, 2.75) is 44.2 Å². The molecule has 0 radical (unpaired) electrons. The van der Waals surface area contributed by atoms with Gasteiger partial charge < -0.3 is 14.9 Å². The SMILES string of the molecule is OC1C[C@H](O)C[C@H](CCc2ccc(Cl)cc2Cl)O1. The highest BCUT2D eigenvalue weighted by Crippen LogP contribution is 2.25. The fourth-order valence-electron chi connectivity index (χ4n) is 2.19. The normalized spacial score (nSPS) is 28.3. The standard InChI is InChI=1S/C13H16Cl2O3/c14-9-3-1-8(12(15)5-9)2-4-11-6-10(16)7-13(17)18-11/h1,3,5,10-11,13,16-17H,2,4,6-7H2/t10-,11+,13?/m1/s1. The van der Waals surface area contributed by atoms with E-state index in [0.29, 0.717) is 16.5 Å². The number of rotatable bonds is 3. The first-order chi connectivity index (χ1) is 8.54.